The molecule has 5 bridgehead atoms. The van der Waals surface area contributed by atoms with E-state index < -0.39 is 72.2 Å². The molecule has 2 fully saturated rings. The summed E-state index contributed by atoms with van der Waals surface area (Å²) in [7, 11) is 1.50. The molecular weight excluding hydrogens is 686 g/mol. The number of ether oxygens (including phenoxy) is 3. The molecule has 11 nitrogen and oxygen atoms in total. The number of methoxy groups -OCH3 is 1. The van der Waals surface area contributed by atoms with E-state index in [9.17, 15) is 19.5 Å². The number of allylic oxidation sites excluding steroid dienone is 1. The zero-order valence-corrected chi connectivity index (χ0v) is 29.3. The molecule has 3 aromatic carbocycles. The number of halogens is 1. The molecule has 2 saturated heterocycles. The van der Waals surface area contributed by atoms with Crippen molar-refractivity contribution < 1.29 is 38.5 Å². The number of rotatable bonds is 7. The molecule has 1 spiro atoms. The van der Waals surface area contributed by atoms with Crippen LogP contribution in [0, 0.1) is 11.8 Å². The smallest absolute Gasteiger partial charge is 0.313 e. The summed E-state index contributed by atoms with van der Waals surface area (Å²) >= 11 is 6.23. The molecule has 52 heavy (non-hydrogen) atoms. The number of likely N-dealkylation sites (tertiary alicyclic amines) is 1. The van der Waals surface area contributed by atoms with E-state index in [1.54, 1.807) is 91.0 Å². The standard InChI is InChI=1S/C40H40ClN3O8/c1-50-24-29-35(26-13-7-3-8-14-26)51-39(49)33-31-20-21-40(52-31)34(33)37(47)44(30(23-45)25-11-5-2-6-12-25)36(40)38(48)43(28-18-16-27(41)17-19-28)22-10-4-9-15-32(46)42-29/h2-8,10-14,16-21,29-31,33-36,45H,9,15,22-24H2,1H3,(H,42,46)/b10-4-/t29-,30+,31+,33-,34-,35-,36+,40-/m0/s1. The van der Waals surface area contributed by atoms with Crippen LogP contribution in [0.5, 0.6) is 0 Å². The second-order valence-corrected chi connectivity index (χ2v) is 13.8. The van der Waals surface area contributed by atoms with E-state index in [-0.39, 0.29) is 25.5 Å². The van der Waals surface area contributed by atoms with Crippen LogP contribution in [0.3, 0.4) is 0 Å². The molecule has 0 saturated carbocycles. The van der Waals surface area contributed by atoms with Crippen molar-refractivity contribution in [3.63, 3.8) is 0 Å². The van der Waals surface area contributed by atoms with Crippen LogP contribution in [0.1, 0.15) is 36.1 Å². The normalized spacial score (nSPS) is 30.2. The van der Waals surface area contributed by atoms with Crippen molar-refractivity contribution in [2.24, 2.45) is 11.8 Å². The number of hydrogen-bond acceptors (Lipinski definition) is 8. The van der Waals surface area contributed by atoms with Gasteiger partial charge in [0.15, 0.2) is 0 Å². The highest BCUT2D eigenvalue weighted by molar-refractivity contribution is 6.30. The predicted octanol–water partition coefficient (Wildman–Crippen LogP) is 4.32. The highest BCUT2D eigenvalue weighted by Gasteiger charge is 2.74. The van der Waals surface area contributed by atoms with Gasteiger partial charge in [-0.3, -0.25) is 19.2 Å². The Morgan fingerprint density at radius 2 is 1.67 bits per heavy atom. The summed E-state index contributed by atoms with van der Waals surface area (Å²) < 4.78 is 18.4. The minimum Gasteiger partial charge on any atom is -0.455 e. The van der Waals surface area contributed by atoms with Crippen LogP contribution in [0.25, 0.3) is 0 Å². The lowest BCUT2D eigenvalue weighted by Crippen LogP contribution is -2.57. The summed E-state index contributed by atoms with van der Waals surface area (Å²) in [6.07, 6.45) is 5.71. The van der Waals surface area contributed by atoms with Crippen LogP contribution >= 0.6 is 11.6 Å². The molecule has 8 atom stereocenters. The van der Waals surface area contributed by atoms with Gasteiger partial charge in [0.05, 0.1) is 37.3 Å². The van der Waals surface area contributed by atoms with Crippen molar-refractivity contribution in [1.29, 1.82) is 0 Å². The monoisotopic (exact) mass is 725 g/mol. The average Bonchev–Trinajstić information content (AvgIpc) is 3.80. The Bertz CT molecular complexity index is 1860. The van der Waals surface area contributed by atoms with Gasteiger partial charge in [-0.1, -0.05) is 96.6 Å². The van der Waals surface area contributed by atoms with Crippen LogP contribution in [-0.4, -0.2) is 84.4 Å². The summed E-state index contributed by atoms with van der Waals surface area (Å²) in [5.74, 6) is -4.25. The van der Waals surface area contributed by atoms with Gasteiger partial charge in [-0.2, -0.15) is 0 Å². The second-order valence-electron chi connectivity index (χ2n) is 13.4. The molecule has 0 unspecified atom stereocenters. The van der Waals surface area contributed by atoms with Crippen molar-refractivity contribution >= 4 is 41.0 Å². The van der Waals surface area contributed by atoms with E-state index in [4.69, 9.17) is 25.8 Å². The number of hydrogen-bond donors (Lipinski definition) is 2. The van der Waals surface area contributed by atoms with Gasteiger partial charge in [-0.05, 0) is 41.8 Å². The number of amides is 3. The fourth-order valence-corrected chi connectivity index (χ4v) is 8.14. The van der Waals surface area contributed by atoms with Gasteiger partial charge < -0.3 is 34.4 Å². The Labute approximate surface area is 306 Å². The number of esters is 1. The molecule has 12 heteroatoms. The van der Waals surface area contributed by atoms with Crippen molar-refractivity contribution in [3.8, 4) is 0 Å². The Morgan fingerprint density at radius 1 is 0.962 bits per heavy atom. The summed E-state index contributed by atoms with van der Waals surface area (Å²) in [6, 6.07) is 21.8. The molecule has 4 aliphatic rings. The Kier molecular flexibility index (Phi) is 10.3. The maximum absolute atomic E-state index is 15.2. The van der Waals surface area contributed by atoms with E-state index in [1.165, 1.54) is 16.9 Å². The quantitative estimate of drug-likeness (QED) is 0.272. The zero-order chi connectivity index (χ0) is 36.4. The van der Waals surface area contributed by atoms with Crippen LogP contribution < -0.4 is 10.2 Å². The van der Waals surface area contributed by atoms with Gasteiger partial charge in [-0.25, -0.2) is 0 Å². The number of cyclic esters (lactones) is 1. The van der Waals surface area contributed by atoms with Crippen molar-refractivity contribution in [2.75, 3.05) is 31.8 Å². The largest absolute Gasteiger partial charge is 0.455 e. The van der Waals surface area contributed by atoms with Crippen LogP contribution in [0.15, 0.2) is 109 Å². The Hall–Kier alpha value is -4.81. The van der Waals surface area contributed by atoms with Gasteiger partial charge in [0.1, 0.15) is 23.7 Å². The fraction of sp³-hybridized carbons (Fsp3) is 0.350. The summed E-state index contributed by atoms with van der Waals surface area (Å²) in [5.41, 5.74) is 0.214. The Balaban J connectivity index is 1.37. The minimum absolute atomic E-state index is 0.0425. The molecule has 4 heterocycles. The van der Waals surface area contributed by atoms with Gasteiger partial charge in [0, 0.05) is 30.8 Å². The number of anilines is 1. The van der Waals surface area contributed by atoms with E-state index in [0.29, 0.717) is 28.3 Å². The highest BCUT2D eigenvalue weighted by Crippen LogP contribution is 2.57. The first kappa shape index (κ1) is 35.6. The third-order valence-corrected chi connectivity index (χ3v) is 10.6. The molecular formula is C40H40ClN3O8. The third kappa shape index (κ3) is 6.43. The molecule has 7 rings (SSSR count). The number of aliphatic hydroxyl groups is 1. The number of carbonyl (C=O) groups excluding carboxylic acids is 4. The topological polar surface area (TPSA) is 135 Å². The molecule has 3 aromatic rings. The molecule has 0 radical (unpaired) electrons. The van der Waals surface area contributed by atoms with Crippen LogP contribution in [0.2, 0.25) is 5.02 Å². The first-order valence-electron chi connectivity index (χ1n) is 17.4. The average molecular weight is 726 g/mol. The fourth-order valence-electron chi connectivity index (χ4n) is 8.02. The summed E-state index contributed by atoms with van der Waals surface area (Å²) in [6.45, 7) is -0.349. The summed E-state index contributed by atoms with van der Waals surface area (Å²) in [5, 5.41) is 14.4. The van der Waals surface area contributed by atoms with Crippen molar-refractivity contribution in [2.45, 2.75) is 48.8 Å². The lowest BCUT2D eigenvalue weighted by molar-refractivity contribution is -0.162. The molecule has 0 aliphatic carbocycles. The number of carbonyl (C=O) groups is 4. The SMILES string of the molecule is COC[C@@H]1NC(=O)CC/C=C\CN(c2ccc(Cl)cc2)C(=O)[C@H]2N([C@H](CO)c3ccccc3)C(=O)[C@@H]3[C@@H](C(=O)O[C@H]1c1ccccc1)[C@H]1C=C[C@]32O1. The lowest BCUT2D eigenvalue weighted by Gasteiger charge is -2.39. The van der Waals surface area contributed by atoms with Gasteiger partial charge in [-0.15, -0.1) is 0 Å². The third-order valence-electron chi connectivity index (χ3n) is 10.3. The molecule has 2 N–H and O–H groups in total. The van der Waals surface area contributed by atoms with Crippen molar-refractivity contribution in [3.05, 3.63) is 125 Å². The number of nitrogens with zero attached hydrogens (tertiary/aromatic N) is 2. The number of aliphatic hydroxyl groups excluding tert-OH is 1. The Morgan fingerprint density at radius 3 is 2.37 bits per heavy atom. The first-order valence-corrected chi connectivity index (χ1v) is 17.8. The van der Waals surface area contributed by atoms with Crippen LogP contribution in [-0.2, 0) is 33.4 Å². The van der Waals surface area contributed by atoms with Gasteiger partial charge in [0.2, 0.25) is 11.8 Å². The molecule has 0 aromatic heterocycles. The highest BCUT2D eigenvalue weighted by atomic mass is 35.5. The van der Waals surface area contributed by atoms with Gasteiger partial charge in [0.25, 0.3) is 5.91 Å². The maximum Gasteiger partial charge on any atom is 0.313 e. The number of benzene rings is 3. The van der Waals surface area contributed by atoms with E-state index >= 15 is 4.79 Å². The number of nitrogens with one attached hydrogen (secondary N) is 1. The molecule has 4 aliphatic heterocycles. The van der Waals surface area contributed by atoms with E-state index in [0.717, 1.165) is 0 Å². The lowest BCUT2D eigenvalue weighted by atomic mass is 9.74. The molecule has 270 valence electrons. The minimum atomic E-state index is -1.55. The van der Waals surface area contributed by atoms with Gasteiger partial charge >= 0.3 is 5.97 Å². The predicted molar refractivity (Wildman–Crippen MR) is 192 cm³/mol. The second kappa shape index (κ2) is 15.0. The van der Waals surface area contributed by atoms with E-state index in [1.807, 2.05) is 18.2 Å². The van der Waals surface area contributed by atoms with Crippen molar-refractivity contribution in [1.82, 2.24) is 10.2 Å². The molecule has 3 amide bonds. The number of fused-ring (bicyclic) bond motifs is 2. The maximum atomic E-state index is 15.2. The zero-order valence-electron chi connectivity index (χ0n) is 28.5. The van der Waals surface area contributed by atoms with Crippen LogP contribution in [0.4, 0.5) is 5.69 Å². The van der Waals surface area contributed by atoms with E-state index in [2.05, 4.69) is 5.32 Å². The summed E-state index contributed by atoms with van der Waals surface area (Å²) in [4.78, 5) is 60.8. The first-order chi connectivity index (χ1) is 25.3.